The van der Waals surface area contributed by atoms with Crippen molar-refractivity contribution in [2.75, 3.05) is 13.3 Å². The third kappa shape index (κ3) is 3.39. The average molecular weight is 215 g/mol. The number of aliphatic hydroxyl groups excluding tert-OH is 2. The van der Waals surface area contributed by atoms with Crippen molar-refractivity contribution in [3.63, 3.8) is 0 Å². The first-order valence-electron chi connectivity index (χ1n) is 3.11. The van der Waals surface area contributed by atoms with Gasteiger partial charge in [-0.25, -0.2) is 4.57 Å². The van der Waals surface area contributed by atoms with Crippen LogP contribution in [0.4, 0.5) is 0 Å². The van der Waals surface area contributed by atoms with E-state index in [9.17, 15) is 9.36 Å². The first-order valence-corrected chi connectivity index (χ1v) is 4.68. The number of carboxylic acids is 1. The lowest BCUT2D eigenvalue weighted by atomic mass is 10.3. The first kappa shape index (κ1) is 12.5. The fraction of sp³-hybridized carbons (Fsp3) is 0.750. The zero-order chi connectivity index (χ0) is 10.6. The molecule has 0 saturated heterocycles. The summed E-state index contributed by atoms with van der Waals surface area (Å²) in [5, 5.41) is 25.3. The molecule has 1 unspecified atom stereocenters. The molecule has 0 bridgehead atoms. The van der Waals surface area contributed by atoms with Gasteiger partial charge in [0.05, 0.1) is 6.61 Å². The number of hydrogen-bond donors (Lipinski definition) is 5. The van der Waals surface area contributed by atoms with Crippen molar-refractivity contribution in [1.29, 1.82) is 0 Å². The van der Waals surface area contributed by atoms with Gasteiger partial charge in [0.25, 0.3) is 0 Å². The highest BCUT2D eigenvalue weighted by Gasteiger charge is 2.36. The van der Waals surface area contributed by atoms with Gasteiger partial charge in [-0.3, -0.25) is 4.79 Å². The van der Waals surface area contributed by atoms with Gasteiger partial charge in [-0.05, 0) is 0 Å². The molecule has 0 aliphatic heterocycles. The number of aliphatic carboxylic acids is 1. The van der Waals surface area contributed by atoms with Crippen LogP contribution in [-0.4, -0.2) is 55.1 Å². The molecule has 0 amide bonds. The van der Waals surface area contributed by atoms with E-state index in [1.807, 2.05) is 0 Å². The molecule has 0 heterocycles. The maximum atomic E-state index is 10.6. The minimum absolute atomic E-state index is 0.0185. The summed E-state index contributed by atoms with van der Waals surface area (Å²) in [4.78, 5) is 27.4. The van der Waals surface area contributed by atoms with Crippen molar-refractivity contribution in [3.05, 3.63) is 0 Å². The molecule has 0 aromatic carbocycles. The van der Waals surface area contributed by atoms with Crippen LogP contribution in [0.15, 0.2) is 0 Å². The molecular weight excluding hydrogens is 205 g/mol. The quantitative estimate of drug-likeness (QED) is 0.256. The largest absolute Gasteiger partial charge is 0.480 e. The van der Waals surface area contributed by atoms with E-state index in [1.54, 1.807) is 0 Å². The van der Waals surface area contributed by atoms with Crippen LogP contribution >= 0.6 is 7.75 Å². The molecule has 78 valence electrons. The Morgan fingerprint density at radius 2 is 1.85 bits per heavy atom. The third-order valence-electron chi connectivity index (χ3n) is 1.30. The Morgan fingerprint density at radius 3 is 1.92 bits per heavy atom. The predicted molar refractivity (Wildman–Crippen MR) is 39.5 cm³/mol. The van der Waals surface area contributed by atoms with E-state index in [4.69, 9.17) is 25.1 Å². The van der Waals surface area contributed by atoms with Crippen molar-refractivity contribution in [2.45, 2.75) is 6.04 Å². The minimum Gasteiger partial charge on any atom is -0.480 e. The molecule has 0 aliphatic carbocycles. The summed E-state index contributed by atoms with van der Waals surface area (Å²) in [7, 11) is -4.86. The van der Waals surface area contributed by atoms with Crippen molar-refractivity contribution in [1.82, 2.24) is 4.67 Å². The van der Waals surface area contributed by atoms with Crippen LogP contribution in [0, 0.1) is 0 Å². The first-order chi connectivity index (χ1) is 5.84. The second kappa shape index (κ2) is 4.66. The lowest BCUT2D eigenvalue weighted by Gasteiger charge is -2.24. The topological polar surface area (TPSA) is 139 Å². The van der Waals surface area contributed by atoms with Crippen LogP contribution in [0.2, 0.25) is 0 Å². The maximum Gasteiger partial charge on any atom is 0.405 e. The SMILES string of the molecule is O=C(O)C(CO)N(CO)P(=O)(O)O. The van der Waals surface area contributed by atoms with Crippen molar-refractivity contribution in [2.24, 2.45) is 0 Å². The molecule has 0 fully saturated rings. The Bertz CT molecular complexity index is 225. The highest BCUT2D eigenvalue weighted by molar-refractivity contribution is 7.49. The van der Waals surface area contributed by atoms with Gasteiger partial charge in [0.15, 0.2) is 0 Å². The fourth-order valence-corrected chi connectivity index (χ4v) is 1.36. The number of aliphatic hydroxyl groups is 2. The molecule has 13 heavy (non-hydrogen) atoms. The van der Waals surface area contributed by atoms with E-state index >= 15 is 0 Å². The molecule has 0 aromatic rings. The number of carbonyl (C=O) groups is 1. The van der Waals surface area contributed by atoms with Crippen LogP contribution in [0.5, 0.6) is 0 Å². The van der Waals surface area contributed by atoms with Gasteiger partial charge >= 0.3 is 13.7 Å². The lowest BCUT2D eigenvalue weighted by molar-refractivity contribution is -0.144. The highest BCUT2D eigenvalue weighted by atomic mass is 31.2. The summed E-state index contributed by atoms with van der Waals surface area (Å²) in [6, 6.07) is -1.81. The molecule has 0 aliphatic rings. The molecule has 1 atom stereocenters. The molecule has 0 radical (unpaired) electrons. The average Bonchev–Trinajstić information content (AvgIpc) is 1.96. The second-order valence-corrected chi connectivity index (χ2v) is 3.67. The molecule has 9 heteroatoms. The lowest BCUT2D eigenvalue weighted by Crippen LogP contribution is -2.42. The summed E-state index contributed by atoms with van der Waals surface area (Å²) in [6.07, 6.45) is 0. The van der Waals surface area contributed by atoms with E-state index in [0.29, 0.717) is 0 Å². The number of carboxylic acid groups (broad SMARTS) is 1. The van der Waals surface area contributed by atoms with E-state index < -0.39 is 33.1 Å². The third-order valence-corrected chi connectivity index (χ3v) is 2.37. The van der Waals surface area contributed by atoms with E-state index in [-0.39, 0.29) is 4.67 Å². The molecule has 0 aromatic heterocycles. The van der Waals surface area contributed by atoms with Gasteiger partial charge in [-0.15, -0.1) is 0 Å². The van der Waals surface area contributed by atoms with Crippen molar-refractivity contribution >= 4 is 13.7 Å². The molecule has 0 spiro atoms. The Hall–Kier alpha value is -0.500. The molecule has 8 nitrogen and oxygen atoms in total. The number of rotatable bonds is 5. The predicted octanol–water partition coefficient (Wildman–Crippen LogP) is -2.22. The molecule has 0 rings (SSSR count). The smallest absolute Gasteiger partial charge is 0.405 e. The molecular formula is C4H10NO7P. The van der Waals surface area contributed by atoms with Gasteiger partial charge in [0.1, 0.15) is 12.8 Å². The van der Waals surface area contributed by atoms with E-state index in [2.05, 4.69) is 0 Å². The van der Waals surface area contributed by atoms with Crippen molar-refractivity contribution < 1.29 is 34.5 Å². The van der Waals surface area contributed by atoms with E-state index in [1.165, 1.54) is 0 Å². The number of nitrogens with zero attached hydrogens (tertiary/aromatic N) is 1. The normalized spacial score (nSPS) is 14.5. The fourth-order valence-electron chi connectivity index (χ4n) is 0.662. The van der Waals surface area contributed by atoms with Crippen LogP contribution < -0.4 is 0 Å². The van der Waals surface area contributed by atoms with Crippen molar-refractivity contribution in [3.8, 4) is 0 Å². The minimum atomic E-state index is -4.86. The zero-order valence-corrected chi connectivity index (χ0v) is 7.33. The van der Waals surface area contributed by atoms with Crippen LogP contribution in [0.25, 0.3) is 0 Å². The maximum absolute atomic E-state index is 10.6. The van der Waals surface area contributed by atoms with Crippen LogP contribution in [0.3, 0.4) is 0 Å². The molecule has 5 N–H and O–H groups in total. The second-order valence-electron chi connectivity index (χ2n) is 2.13. The summed E-state index contributed by atoms with van der Waals surface area (Å²) < 4.78 is 10.5. The molecule has 0 saturated carbocycles. The summed E-state index contributed by atoms with van der Waals surface area (Å²) in [5.74, 6) is -1.63. The summed E-state index contributed by atoms with van der Waals surface area (Å²) >= 11 is 0. The Labute approximate surface area is 73.2 Å². The summed E-state index contributed by atoms with van der Waals surface area (Å²) in [5.41, 5.74) is 0. The summed E-state index contributed by atoms with van der Waals surface area (Å²) in [6.45, 7) is -2.15. The Balaban J connectivity index is 4.74. The monoisotopic (exact) mass is 215 g/mol. The Morgan fingerprint density at radius 1 is 1.38 bits per heavy atom. The highest BCUT2D eigenvalue weighted by Crippen LogP contribution is 2.40. The van der Waals surface area contributed by atoms with Crippen LogP contribution in [-0.2, 0) is 9.36 Å². The van der Waals surface area contributed by atoms with Gasteiger partial charge in [-0.1, -0.05) is 0 Å². The standard InChI is InChI=1S/C4H10NO7P/c6-1-3(4(8)9)5(2-7)13(10,11)12/h3,6-7H,1-2H2,(H,8,9)(H2,10,11,12). The van der Waals surface area contributed by atoms with Gasteiger partial charge in [0, 0.05) is 0 Å². The van der Waals surface area contributed by atoms with Gasteiger partial charge in [0.2, 0.25) is 0 Å². The van der Waals surface area contributed by atoms with E-state index in [0.717, 1.165) is 0 Å². The van der Waals surface area contributed by atoms with Gasteiger partial charge in [-0.2, -0.15) is 4.67 Å². The van der Waals surface area contributed by atoms with Gasteiger partial charge < -0.3 is 25.1 Å². The number of hydrogen-bond acceptors (Lipinski definition) is 4. The van der Waals surface area contributed by atoms with Crippen LogP contribution in [0.1, 0.15) is 0 Å². The Kier molecular flexibility index (Phi) is 4.48. The zero-order valence-electron chi connectivity index (χ0n) is 6.44.